The zero-order valence-electron chi connectivity index (χ0n) is 13.8. The summed E-state index contributed by atoms with van der Waals surface area (Å²) in [6.07, 6.45) is 1.63. The van der Waals surface area contributed by atoms with E-state index in [2.05, 4.69) is 23.7 Å². The number of hydrogen-bond acceptors (Lipinski definition) is 4. The molecule has 0 saturated heterocycles. The second kappa shape index (κ2) is 7.58. The SMILES string of the molecule is CCN(CC)c1ccc(C=Nc2ccc(C(C)=O)cc2)c(O)c1. The third-order valence-electron chi connectivity index (χ3n) is 3.77. The average molecular weight is 310 g/mol. The van der Waals surface area contributed by atoms with E-state index in [-0.39, 0.29) is 11.5 Å². The van der Waals surface area contributed by atoms with Crippen LogP contribution in [0.4, 0.5) is 11.4 Å². The average Bonchev–Trinajstić information content (AvgIpc) is 2.55. The van der Waals surface area contributed by atoms with Crippen LogP contribution in [0.3, 0.4) is 0 Å². The number of Topliss-reactive ketones (excluding diaryl/α,β-unsaturated/α-hetero) is 1. The highest BCUT2D eigenvalue weighted by molar-refractivity contribution is 5.94. The van der Waals surface area contributed by atoms with E-state index in [0.29, 0.717) is 11.1 Å². The van der Waals surface area contributed by atoms with Crippen molar-refractivity contribution >= 4 is 23.4 Å². The van der Waals surface area contributed by atoms with Crippen LogP contribution < -0.4 is 4.90 Å². The van der Waals surface area contributed by atoms with Crippen molar-refractivity contribution in [2.45, 2.75) is 20.8 Å². The summed E-state index contributed by atoms with van der Waals surface area (Å²) < 4.78 is 0. The summed E-state index contributed by atoms with van der Waals surface area (Å²) in [5, 5.41) is 10.2. The number of ketones is 1. The fourth-order valence-electron chi connectivity index (χ4n) is 2.35. The van der Waals surface area contributed by atoms with Gasteiger partial charge < -0.3 is 10.0 Å². The van der Waals surface area contributed by atoms with Gasteiger partial charge in [0.2, 0.25) is 0 Å². The molecule has 0 unspecified atom stereocenters. The van der Waals surface area contributed by atoms with Gasteiger partial charge in [-0.2, -0.15) is 0 Å². The Morgan fingerprint density at radius 3 is 2.30 bits per heavy atom. The lowest BCUT2D eigenvalue weighted by Gasteiger charge is -2.21. The van der Waals surface area contributed by atoms with E-state index in [1.165, 1.54) is 6.92 Å². The summed E-state index contributed by atoms with van der Waals surface area (Å²) in [7, 11) is 0. The van der Waals surface area contributed by atoms with Crippen LogP contribution in [0.5, 0.6) is 5.75 Å². The van der Waals surface area contributed by atoms with Crippen molar-refractivity contribution in [3.63, 3.8) is 0 Å². The molecule has 120 valence electrons. The first-order chi connectivity index (χ1) is 11.0. The Morgan fingerprint density at radius 2 is 1.78 bits per heavy atom. The standard InChI is InChI=1S/C19H22N2O2/c1-4-21(5-2)18-11-8-16(19(23)12-18)13-20-17-9-6-15(7-10-17)14(3)22/h6-13,23H,4-5H2,1-3H3. The van der Waals surface area contributed by atoms with Crippen LogP contribution in [0, 0.1) is 0 Å². The Labute approximate surface area is 137 Å². The second-order valence-corrected chi connectivity index (χ2v) is 5.28. The normalized spacial score (nSPS) is 10.9. The monoisotopic (exact) mass is 310 g/mol. The van der Waals surface area contributed by atoms with Gasteiger partial charge in [0.25, 0.3) is 0 Å². The minimum Gasteiger partial charge on any atom is -0.507 e. The molecule has 0 radical (unpaired) electrons. The lowest BCUT2D eigenvalue weighted by Crippen LogP contribution is -2.21. The molecule has 1 N–H and O–H groups in total. The van der Waals surface area contributed by atoms with Gasteiger partial charge in [0, 0.05) is 42.2 Å². The number of nitrogens with zero attached hydrogens (tertiary/aromatic N) is 2. The first-order valence-electron chi connectivity index (χ1n) is 7.78. The van der Waals surface area contributed by atoms with Gasteiger partial charge in [0.05, 0.1) is 5.69 Å². The molecule has 0 bridgehead atoms. The van der Waals surface area contributed by atoms with Crippen molar-refractivity contribution < 1.29 is 9.90 Å². The predicted octanol–water partition coefficient (Wildman–Crippen LogP) is 4.19. The molecule has 2 rings (SSSR count). The molecule has 0 amide bonds. The summed E-state index contributed by atoms with van der Waals surface area (Å²) in [5.41, 5.74) is 3.06. The number of hydrogen-bond donors (Lipinski definition) is 1. The molecule has 0 fully saturated rings. The largest absolute Gasteiger partial charge is 0.507 e. The Hall–Kier alpha value is -2.62. The number of anilines is 1. The maximum atomic E-state index is 11.2. The summed E-state index contributed by atoms with van der Waals surface area (Å²) >= 11 is 0. The third-order valence-corrected chi connectivity index (χ3v) is 3.77. The number of benzene rings is 2. The van der Waals surface area contributed by atoms with Crippen molar-refractivity contribution in [3.05, 3.63) is 53.6 Å². The van der Waals surface area contributed by atoms with Crippen LogP contribution in [0.1, 0.15) is 36.7 Å². The number of rotatable bonds is 6. The first-order valence-corrected chi connectivity index (χ1v) is 7.78. The summed E-state index contributed by atoms with van der Waals surface area (Å²) in [4.78, 5) is 17.8. The molecule has 0 aliphatic carbocycles. The minimum atomic E-state index is 0.0326. The van der Waals surface area contributed by atoms with Crippen LogP contribution in [-0.4, -0.2) is 30.2 Å². The predicted molar refractivity (Wildman–Crippen MR) is 95.4 cm³/mol. The second-order valence-electron chi connectivity index (χ2n) is 5.28. The van der Waals surface area contributed by atoms with E-state index in [1.807, 2.05) is 12.1 Å². The Morgan fingerprint density at radius 1 is 1.13 bits per heavy atom. The van der Waals surface area contributed by atoms with E-state index in [1.54, 1.807) is 36.5 Å². The zero-order valence-corrected chi connectivity index (χ0v) is 13.8. The van der Waals surface area contributed by atoms with Crippen molar-refractivity contribution in [1.29, 1.82) is 0 Å². The zero-order chi connectivity index (χ0) is 16.8. The number of phenolic OH excluding ortho intramolecular Hbond substituents is 1. The molecular weight excluding hydrogens is 288 g/mol. The summed E-state index contributed by atoms with van der Waals surface area (Å²) in [6.45, 7) is 7.49. The van der Waals surface area contributed by atoms with Crippen molar-refractivity contribution in [2.75, 3.05) is 18.0 Å². The molecule has 0 aliphatic heterocycles. The lowest BCUT2D eigenvalue weighted by molar-refractivity contribution is 0.101. The van der Waals surface area contributed by atoms with Gasteiger partial charge in [-0.1, -0.05) is 0 Å². The Kier molecular flexibility index (Phi) is 5.52. The van der Waals surface area contributed by atoms with Crippen LogP contribution in [-0.2, 0) is 0 Å². The van der Waals surface area contributed by atoms with Gasteiger partial charge in [-0.25, -0.2) is 0 Å². The smallest absolute Gasteiger partial charge is 0.159 e. The number of phenols is 1. The molecule has 2 aromatic rings. The highest BCUT2D eigenvalue weighted by atomic mass is 16.3. The third kappa shape index (κ3) is 4.19. The van der Waals surface area contributed by atoms with E-state index in [0.717, 1.165) is 24.5 Å². The van der Waals surface area contributed by atoms with Crippen LogP contribution >= 0.6 is 0 Å². The Bertz CT molecular complexity index is 702. The molecule has 4 nitrogen and oxygen atoms in total. The number of aliphatic imine (C=N–C) groups is 1. The lowest BCUT2D eigenvalue weighted by atomic mass is 10.1. The maximum Gasteiger partial charge on any atom is 0.159 e. The molecule has 0 saturated carbocycles. The van der Waals surface area contributed by atoms with Crippen LogP contribution in [0.2, 0.25) is 0 Å². The van der Waals surface area contributed by atoms with E-state index < -0.39 is 0 Å². The van der Waals surface area contributed by atoms with Crippen molar-refractivity contribution in [3.8, 4) is 5.75 Å². The molecule has 0 heterocycles. The molecule has 23 heavy (non-hydrogen) atoms. The van der Waals surface area contributed by atoms with Crippen molar-refractivity contribution in [1.82, 2.24) is 0 Å². The van der Waals surface area contributed by atoms with E-state index in [4.69, 9.17) is 0 Å². The molecule has 4 heteroatoms. The van der Waals surface area contributed by atoms with Crippen molar-refractivity contribution in [2.24, 2.45) is 4.99 Å². The summed E-state index contributed by atoms with van der Waals surface area (Å²) in [6, 6.07) is 12.7. The van der Waals surface area contributed by atoms with Crippen LogP contribution in [0.15, 0.2) is 47.5 Å². The first kappa shape index (κ1) is 16.7. The van der Waals surface area contributed by atoms with Gasteiger partial charge in [0.1, 0.15) is 5.75 Å². The quantitative estimate of drug-likeness (QED) is 0.643. The highest BCUT2D eigenvalue weighted by Gasteiger charge is 2.05. The number of aromatic hydroxyl groups is 1. The molecule has 0 spiro atoms. The topological polar surface area (TPSA) is 52.9 Å². The molecule has 0 aromatic heterocycles. The fourth-order valence-corrected chi connectivity index (χ4v) is 2.35. The highest BCUT2D eigenvalue weighted by Crippen LogP contribution is 2.24. The van der Waals surface area contributed by atoms with Gasteiger partial charge >= 0.3 is 0 Å². The molecular formula is C19H22N2O2. The van der Waals surface area contributed by atoms with Gasteiger partial charge in [-0.3, -0.25) is 9.79 Å². The minimum absolute atomic E-state index is 0.0326. The fraction of sp³-hybridized carbons (Fsp3) is 0.263. The maximum absolute atomic E-state index is 11.2. The Balaban J connectivity index is 2.17. The molecule has 2 aromatic carbocycles. The van der Waals surface area contributed by atoms with E-state index in [9.17, 15) is 9.90 Å². The van der Waals surface area contributed by atoms with Gasteiger partial charge in [0.15, 0.2) is 5.78 Å². The molecule has 0 aliphatic rings. The van der Waals surface area contributed by atoms with Gasteiger partial charge in [-0.05, 0) is 57.2 Å². The van der Waals surface area contributed by atoms with E-state index >= 15 is 0 Å². The summed E-state index contributed by atoms with van der Waals surface area (Å²) in [5.74, 6) is 0.240. The number of carbonyl (C=O) groups excluding carboxylic acids is 1. The molecule has 0 atom stereocenters. The van der Waals surface area contributed by atoms with Crippen LogP contribution in [0.25, 0.3) is 0 Å². The number of carbonyl (C=O) groups is 1. The van der Waals surface area contributed by atoms with Gasteiger partial charge in [-0.15, -0.1) is 0 Å².